The van der Waals surface area contributed by atoms with E-state index in [1.54, 1.807) is 6.07 Å². The average Bonchev–Trinajstić information content (AvgIpc) is 2.15. The predicted molar refractivity (Wildman–Crippen MR) is 52.6 cm³/mol. The molecule has 1 aromatic rings. The van der Waals surface area contributed by atoms with E-state index >= 15 is 0 Å². The molecule has 0 unspecified atom stereocenters. The Balaban J connectivity index is 2.41. The number of rotatable bonds is 4. The highest BCUT2D eigenvalue weighted by molar-refractivity contribution is 7.80. The van der Waals surface area contributed by atoms with E-state index in [0.29, 0.717) is 18.6 Å². The Labute approximate surface area is 81.8 Å². The maximum atomic E-state index is 11.5. The normalized spacial score (nSPS) is 10.6. The van der Waals surface area contributed by atoms with Crippen LogP contribution in [0.5, 0.6) is 5.75 Å². The molecule has 13 heavy (non-hydrogen) atoms. The van der Waals surface area contributed by atoms with Gasteiger partial charge in [-0.3, -0.25) is 0 Å². The molecule has 1 N–H and O–H groups in total. The van der Waals surface area contributed by atoms with Crippen molar-refractivity contribution in [2.75, 3.05) is 6.54 Å². The summed E-state index contributed by atoms with van der Waals surface area (Å²) in [7, 11) is 0. The van der Waals surface area contributed by atoms with Crippen molar-refractivity contribution >= 4 is 12.6 Å². The van der Waals surface area contributed by atoms with Crippen LogP contribution >= 0.6 is 12.6 Å². The molecule has 1 aromatic carbocycles. The van der Waals surface area contributed by atoms with Crippen molar-refractivity contribution in [3.05, 3.63) is 36.7 Å². The van der Waals surface area contributed by atoms with Gasteiger partial charge in [0.2, 0.25) is 0 Å². The fourth-order valence-corrected chi connectivity index (χ4v) is 0.962. The lowest BCUT2D eigenvalue weighted by Gasteiger charge is -2.06. The molecule has 1 rings (SSSR count). The van der Waals surface area contributed by atoms with Crippen LogP contribution < -0.4 is 10.3 Å². The van der Waals surface area contributed by atoms with Crippen LogP contribution in [0.15, 0.2) is 41.6 Å². The van der Waals surface area contributed by atoms with Gasteiger partial charge in [-0.1, -0.05) is 12.1 Å². The molecular weight excluding hydrogens is 189 g/mol. The Hall–Kier alpha value is -1.00. The van der Waals surface area contributed by atoms with Gasteiger partial charge in [0.15, 0.2) is 5.75 Å². The first-order valence-corrected chi connectivity index (χ1v) is 4.22. The van der Waals surface area contributed by atoms with Crippen molar-refractivity contribution in [1.82, 2.24) is 5.48 Å². The van der Waals surface area contributed by atoms with Crippen LogP contribution in [0, 0.1) is 0 Å². The maximum absolute atomic E-state index is 11.5. The quantitative estimate of drug-likeness (QED) is 0.441. The summed E-state index contributed by atoms with van der Waals surface area (Å²) in [6, 6.07) is 7.28. The van der Waals surface area contributed by atoms with Gasteiger partial charge in [-0.15, -0.1) is 12.6 Å². The molecule has 0 aromatic heterocycles. The van der Waals surface area contributed by atoms with Crippen LogP contribution in [0.3, 0.4) is 0 Å². The number of benzene rings is 1. The van der Waals surface area contributed by atoms with Gasteiger partial charge in [-0.25, -0.2) is 4.39 Å². The number of halogens is 1. The van der Waals surface area contributed by atoms with Gasteiger partial charge in [0.25, 0.3) is 0 Å². The topological polar surface area (TPSA) is 21.3 Å². The van der Waals surface area contributed by atoms with Gasteiger partial charge in [-0.05, 0) is 18.2 Å². The number of hydroxylamine groups is 1. The van der Waals surface area contributed by atoms with Crippen molar-refractivity contribution in [1.29, 1.82) is 0 Å². The first-order valence-electron chi connectivity index (χ1n) is 3.77. The van der Waals surface area contributed by atoms with E-state index < -0.39 is 0 Å². The second-order valence-electron chi connectivity index (χ2n) is 2.28. The fraction of sp³-hybridized carbons (Fsp3) is 0.111. The third-order valence-corrected chi connectivity index (χ3v) is 1.71. The minimum atomic E-state index is 0.318. The van der Waals surface area contributed by atoms with Gasteiger partial charge in [0.1, 0.15) is 0 Å². The summed E-state index contributed by atoms with van der Waals surface area (Å²) in [5.74, 6) is 0.623. The summed E-state index contributed by atoms with van der Waals surface area (Å²) in [6.45, 7) is 0.318. The van der Waals surface area contributed by atoms with Crippen molar-refractivity contribution in [2.45, 2.75) is 4.90 Å². The molecule has 0 aliphatic rings. The van der Waals surface area contributed by atoms with Gasteiger partial charge >= 0.3 is 0 Å². The Kier molecular flexibility index (Phi) is 4.35. The summed E-state index contributed by atoms with van der Waals surface area (Å²) in [6.07, 6.45) is 1.77. The minimum absolute atomic E-state index is 0.318. The summed E-state index contributed by atoms with van der Waals surface area (Å²) < 4.78 is 11.5. The second kappa shape index (κ2) is 5.61. The first-order chi connectivity index (χ1) is 6.34. The monoisotopic (exact) mass is 199 g/mol. The lowest BCUT2D eigenvalue weighted by molar-refractivity contribution is 0.203. The van der Waals surface area contributed by atoms with E-state index in [1.807, 2.05) is 18.2 Å². The van der Waals surface area contributed by atoms with E-state index in [-0.39, 0.29) is 0 Å². The third-order valence-electron chi connectivity index (χ3n) is 1.34. The molecule has 0 spiro atoms. The summed E-state index contributed by atoms with van der Waals surface area (Å²) in [5.41, 5.74) is 2.57. The highest BCUT2D eigenvalue weighted by Crippen LogP contribution is 2.19. The second-order valence-corrected chi connectivity index (χ2v) is 2.76. The van der Waals surface area contributed by atoms with Gasteiger partial charge in [-0.2, -0.15) is 5.48 Å². The first kappa shape index (κ1) is 10.1. The Morgan fingerprint density at radius 2 is 2.23 bits per heavy atom. The molecule has 0 atom stereocenters. The van der Waals surface area contributed by atoms with Crippen molar-refractivity contribution in [3.63, 3.8) is 0 Å². The molecule has 0 saturated heterocycles. The van der Waals surface area contributed by atoms with Crippen LogP contribution in [-0.4, -0.2) is 6.54 Å². The predicted octanol–water partition coefficient (Wildman–Crippen LogP) is 2.34. The molecule has 0 saturated carbocycles. The van der Waals surface area contributed by atoms with Gasteiger partial charge in [0, 0.05) is 4.90 Å². The van der Waals surface area contributed by atoms with E-state index in [9.17, 15) is 4.39 Å². The van der Waals surface area contributed by atoms with E-state index in [2.05, 4.69) is 18.1 Å². The number of para-hydroxylation sites is 1. The Morgan fingerprint density at radius 1 is 1.46 bits per heavy atom. The SMILES string of the molecule is FC=CCNOc1ccccc1S. The zero-order valence-corrected chi connectivity index (χ0v) is 7.80. The molecule has 0 amide bonds. The lowest BCUT2D eigenvalue weighted by Crippen LogP contribution is -2.18. The van der Waals surface area contributed by atoms with Crippen LogP contribution in [0.25, 0.3) is 0 Å². The number of thiol groups is 1. The molecular formula is C9H10FNOS. The highest BCUT2D eigenvalue weighted by Gasteiger charge is 1.96. The average molecular weight is 199 g/mol. The molecule has 0 aliphatic heterocycles. The molecule has 0 fully saturated rings. The highest BCUT2D eigenvalue weighted by atomic mass is 32.1. The van der Waals surface area contributed by atoms with Crippen LogP contribution in [-0.2, 0) is 0 Å². The Bertz CT molecular complexity index is 291. The molecule has 0 bridgehead atoms. The zero-order valence-electron chi connectivity index (χ0n) is 6.90. The minimum Gasteiger partial charge on any atom is -0.407 e. The van der Waals surface area contributed by atoms with E-state index in [4.69, 9.17) is 4.84 Å². The fourth-order valence-electron chi connectivity index (χ4n) is 0.756. The van der Waals surface area contributed by atoms with Crippen LogP contribution in [0.1, 0.15) is 0 Å². The number of hydrogen-bond acceptors (Lipinski definition) is 3. The van der Waals surface area contributed by atoms with Gasteiger partial charge in [0.05, 0.1) is 12.9 Å². The molecule has 70 valence electrons. The summed E-state index contributed by atoms with van der Waals surface area (Å²) in [4.78, 5) is 5.83. The van der Waals surface area contributed by atoms with Crippen LogP contribution in [0.2, 0.25) is 0 Å². The number of hydrogen-bond donors (Lipinski definition) is 2. The lowest BCUT2D eigenvalue weighted by atomic mass is 10.3. The van der Waals surface area contributed by atoms with E-state index in [0.717, 1.165) is 4.90 Å². The number of nitrogens with one attached hydrogen (secondary N) is 1. The van der Waals surface area contributed by atoms with Crippen molar-refractivity contribution in [3.8, 4) is 5.75 Å². The molecule has 2 nitrogen and oxygen atoms in total. The third kappa shape index (κ3) is 3.48. The smallest absolute Gasteiger partial charge is 0.160 e. The molecule has 0 aliphatic carbocycles. The van der Waals surface area contributed by atoms with Crippen molar-refractivity contribution < 1.29 is 9.23 Å². The van der Waals surface area contributed by atoms with Gasteiger partial charge < -0.3 is 4.84 Å². The summed E-state index contributed by atoms with van der Waals surface area (Å²) >= 11 is 4.17. The van der Waals surface area contributed by atoms with E-state index in [1.165, 1.54) is 6.08 Å². The summed E-state index contributed by atoms with van der Waals surface area (Å²) in [5, 5.41) is 0. The zero-order chi connectivity index (χ0) is 9.52. The standard InChI is InChI=1S/C9H10FNOS/c10-6-3-7-11-12-8-4-1-2-5-9(8)13/h1-6,11,13H,7H2. The van der Waals surface area contributed by atoms with Crippen LogP contribution in [0.4, 0.5) is 4.39 Å². The Morgan fingerprint density at radius 3 is 2.92 bits per heavy atom. The molecule has 0 heterocycles. The largest absolute Gasteiger partial charge is 0.407 e. The molecule has 4 heteroatoms. The maximum Gasteiger partial charge on any atom is 0.160 e. The van der Waals surface area contributed by atoms with Crippen molar-refractivity contribution in [2.24, 2.45) is 0 Å². The molecule has 0 radical (unpaired) electrons.